The molecule has 1 aromatic heterocycles. The second-order valence-corrected chi connectivity index (χ2v) is 8.52. The van der Waals surface area contributed by atoms with Gasteiger partial charge in [-0.15, -0.1) is 5.10 Å². The number of carbonyl (C=O) groups is 1. The van der Waals surface area contributed by atoms with Crippen LogP contribution in [0.5, 0.6) is 11.5 Å². The van der Waals surface area contributed by atoms with Gasteiger partial charge in [-0.05, 0) is 30.3 Å². The first-order valence-corrected chi connectivity index (χ1v) is 10.7. The molecule has 0 aliphatic carbocycles. The Morgan fingerprint density at radius 2 is 1.80 bits per heavy atom. The second-order valence-electron chi connectivity index (χ2n) is 6.24. The fraction of sp³-hybridized carbons (Fsp3) is 0.250. The summed E-state index contributed by atoms with van der Waals surface area (Å²) in [5.74, 6) is 0.959. The van der Waals surface area contributed by atoms with Crippen molar-refractivity contribution in [1.82, 2.24) is 10.2 Å². The highest BCUT2D eigenvalue weighted by molar-refractivity contribution is 7.91. The van der Waals surface area contributed by atoms with Crippen LogP contribution in [0.3, 0.4) is 0 Å². The molecule has 30 heavy (non-hydrogen) atoms. The van der Waals surface area contributed by atoms with Crippen LogP contribution >= 0.6 is 0 Å². The summed E-state index contributed by atoms with van der Waals surface area (Å²) in [6, 6.07) is 11.2. The number of anilines is 1. The molecule has 9 nitrogen and oxygen atoms in total. The lowest BCUT2D eigenvalue weighted by molar-refractivity contribution is -0.115. The molecule has 0 spiro atoms. The summed E-state index contributed by atoms with van der Waals surface area (Å²) in [6.07, 6.45) is 0.0362. The molecule has 0 saturated heterocycles. The summed E-state index contributed by atoms with van der Waals surface area (Å²) in [5, 5.41) is 10.2. The maximum Gasteiger partial charge on any atom is 0.322 e. The van der Waals surface area contributed by atoms with Crippen LogP contribution in [0.2, 0.25) is 0 Å². The average Bonchev–Trinajstić information content (AvgIpc) is 3.22. The Labute approximate surface area is 174 Å². The van der Waals surface area contributed by atoms with Crippen molar-refractivity contribution in [2.24, 2.45) is 0 Å². The van der Waals surface area contributed by atoms with E-state index in [1.54, 1.807) is 44.4 Å². The van der Waals surface area contributed by atoms with Crippen molar-refractivity contribution in [1.29, 1.82) is 0 Å². The topological polar surface area (TPSA) is 121 Å². The molecule has 0 saturated carbocycles. The van der Waals surface area contributed by atoms with Crippen molar-refractivity contribution in [3.05, 3.63) is 48.0 Å². The molecule has 1 heterocycles. The van der Waals surface area contributed by atoms with E-state index < -0.39 is 9.84 Å². The fourth-order valence-electron chi connectivity index (χ4n) is 2.70. The molecule has 3 rings (SSSR count). The van der Waals surface area contributed by atoms with Gasteiger partial charge in [0.05, 0.1) is 31.3 Å². The molecule has 158 valence electrons. The van der Waals surface area contributed by atoms with Gasteiger partial charge >= 0.3 is 6.01 Å². The van der Waals surface area contributed by atoms with E-state index in [9.17, 15) is 13.2 Å². The molecule has 0 atom stereocenters. The van der Waals surface area contributed by atoms with Gasteiger partial charge in [0.15, 0.2) is 9.84 Å². The molecule has 3 aromatic rings. The highest BCUT2D eigenvalue weighted by Crippen LogP contribution is 2.26. The molecule has 0 aliphatic heterocycles. The van der Waals surface area contributed by atoms with Gasteiger partial charge in [-0.2, -0.15) is 0 Å². The van der Waals surface area contributed by atoms with Crippen LogP contribution in [0, 0.1) is 0 Å². The molecule has 10 heteroatoms. The normalized spacial score (nSPS) is 11.2. The van der Waals surface area contributed by atoms with E-state index in [1.165, 1.54) is 19.2 Å². The first-order chi connectivity index (χ1) is 14.4. The largest absolute Gasteiger partial charge is 0.497 e. The minimum atomic E-state index is -3.29. The Bertz CT molecular complexity index is 1140. The summed E-state index contributed by atoms with van der Waals surface area (Å²) >= 11 is 0. The minimum Gasteiger partial charge on any atom is -0.497 e. The van der Waals surface area contributed by atoms with Gasteiger partial charge in [0.25, 0.3) is 0 Å². The Kier molecular flexibility index (Phi) is 6.36. The summed E-state index contributed by atoms with van der Waals surface area (Å²) < 4.78 is 39.7. The van der Waals surface area contributed by atoms with Gasteiger partial charge in [-0.3, -0.25) is 10.1 Å². The number of rotatable bonds is 8. The van der Waals surface area contributed by atoms with E-state index in [2.05, 4.69) is 15.5 Å². The lowest BCUT2D eigenvalue weighted by atomic mass is 10.1. The predicted molar refractivity (Wildman–Crippen MR) is 109 cm³/mol. The number of sulfone groups is 1. The summed E-state index contributed by atoms with van der Waals surface area (Å²) in [6.45, 7) is 1.58. The van der Waals surface area contributed by atoms with E-state index in [0.717, 1.165) is 0 Å². The van der Waals surface area contributed by atoms with Crippen LogP contribution in [0.1, 0.15) is 12.5 Å². The molecule has 1 amide bonds. The lowest BCUT2D eigenvalue weighted by Gasteiger charge is -2.09. The van der Waals surface area contributed by atoms with Crippen molar-refractivity contribution in [2.45, 2.75) is 18.2 Å². The van der Waals surface area contributed by atoms with Gasteiger partial charge in [-0.1, -0.05) is 18.1 Å². The molecule has 0 fully saturated rings. The molecule has 1 N–H and O–H groups in total. The van der Waals surface area contributed by atoms with E-state index in [1.807, 2.05) is 0 Å². The van der Waals surface area contributed by atoms with Crippen molar-refractivity contribution < 1.29 is 27.1 Å². The summed E-state index contributed by atoms with van der Waals surface area (Å²) in [4.78, 5) is 12.6. The Morgan fingerprint density at radius 1 is 1.07 bits per heavy atom. The van der Waals surface area contributed by atoms with E-state index in [0.29, 0.717) is 22.6 Å². The molecule has 2 aromatic carbocycles. The monoisotopic (exact) mass is 431 g/mol. The van der Waals surface area contributed by atoms with Crippen LogP contribution in [-0.2, 0) is 21.1 Å². The SMILES string of the molecule is CCS(=O)(=O)c1ccc(-c2nnc(NC(=O)Cc3ccc(OC)cc3OC)o2)cc1. The highest BCUT2D eigenvalue weighted by Gasteiger charge is 2.16. The van der Waals surface area contributed by atoms with E-state index in [4.69, 9.17) is 13.9 Å². The molecule has 0 radical (unpaired) electrons. The van der Waals surface area contributed by atoms with Crippen molar-refractivity contribution >= 4 is 21.8 Å². The summed E-state index contributed by atoms with van der Waals surface area (Å²) in [5.41, 5.74) is 1.21. The van der Waals surface area contributed by atoms with Crippen LogP contribution in [0.4, 0.5) is 6.01 Å². The number of benzene rings is 2. The maximum atomic E-state index is 12.3. The summed E-state index contributed by atoms with van der Waals surface area (Å²) in [7, 11) is -0.232. The number of nitrogens with zero attached hydrogens (tertiary/aromatic N) is 2. The van der Waals surface area contributed by atoms with E-state index >= 15 is 0 Å². The van der Waals surface area contributed by atoms with E-state index in [-0.39, 0.29) is 34.9 Å². The standard InChI is InChI=1S/C20H21N3O6S/c1-4-30(25,26)16-9-6-13(7-10-16)19-22-23-20(29-19)21-18(24)11-14-5-8-15(27-2)12-17(14)28-3/h5-10,12H,4,11H2,1-3H3,(H,21,23,24). The van der Waals surface area contributed by atoms with Crippen LogP contribution in [0.25, 0.3) is 11.5 Å². The number of hydrogen-bond donors (Lipinski definition) is 1. The van der Waals surface area contributed by atoms with Gasteiger partial charge in [0.1, 0.15) is 11.5 Å². The first kappa shape index (κ1) is 21.3. The maximum absolute atomic E-state index is 12.3. The Hall–Kier alpha value is -3.40. The third-order valence-electron chi connectivity index (χ3n) is 4.36. The number of carbonyl (C=O) groups excluding carboxylic acids is 1. The first-order valence-electron chi connectivity index (χ1n) is 9.03. The zero-order chi connectivity index (χ0) is 21.7. The lowest BCUT2D eigenvalue weighted by Crippen LogP contribution is -2.15. The third kappa shape index (κ3) is 4.77. The number of aromatic nitrogens is 2. The van der Waals surface area contributed by atoms with Crippen LogP contribution in [-0.4, -0.2) is 44.5 Å². The molecule has 0 aliphatic rings. The Morgan fingerprint density at radius 3 is 2.43 bits per heavy atom. The third-order valence-corrected chi connectivity index (χ3v) is 6.11. The molecule has 0 bridgehead atoms. The van der Waals surface area contributed by atoms with Crippen LogP contribution in [0.15, 0.2) is 51.8 Å². The number of ether oxygens (including phenoxy) is 2. The zero-order valence-electron chi connectivity index (χ0n) is 16.7. The van der Waals surface area contributed by atoms with Gasteiger partial charge in [-0.25, -0.2) is 8.42 Å². The minimum absolute atomic E-state index is 0.0159. The molecular weight excluding hydrogens is 410 g/mol. The number of nitrogens with one attached hydrogen (secondary N) is 1. The second kappa shape index (κ2) is 8.95. The van der Waals surface area contributed by atoms with Crippen LogP contribution < -0.4 is 14.8 Å². The molecular formula is C20H21N3O6S. The highest BCUT2D eigenvalue weighted by atomic mass is 32.2. The molecule has 0 unspecified atom stereocenters. The number of hydrogen-bond acceptors (Lipinski definition) is 8. The van der Waals surface area contributed by atoms with Crippen molar-refractivity contribution in [2.75, 3.05) is 25.3 Å². The average molecular weight is 431 g/mol. The van der Waals surface area contributed by atoms with Gasteiger partial charge < -0.3 is 13.9 Å². The number of methoxy groups -OCH3 is 2. The number of amides is 1. The quantitative estimate of drug-likeness (QED) is 0.578. The van der Waals surface area contributed by atoms with Crippen molar-refractivity contribution in [3.63, 3.8) is 0 Å². The zero-order valence-corrected chi connectivity index (χ0v) is 17.5. The smallest absolute Gasteiger partial charge is 0.322 e. The fourth-order valence-corrected chi connectivity index (χ4v) is 3.58. The predicted octanol–water partition coefficient (Wildman–Crippen LogP) is 2.73. The van der Waals surface area contributed by atoms with Crippen molar-refractivity contribution in [3.8, 4) is 23.0 Å². The van der Waals surface area contributed by atoms with Gasteiger partial charge in [0.2, 0.25) is 11.8 Å². The Balaban J connectivity index is 1.69. The van der Waals surface area contributed by atoms with Gasteiger partial charge in [0, 0.05) is 17.2 Å².